The van der Waals surface area contributed by atoms with Crippen LogP contribution in [0.3, 0.4) is 0 Å². The summed E-state index contributed by atoms with van der Waals surface area (Å²) in [4.78, 5) is 0. The van der Waals surface area contributed by atoms with Crippen molar-refractivity contribution in [2.24, 2.45) is 11.8 Å². The second-order valence-corrected chi connectivity index (χ2v) is 11.5. The molecule has 1 heterocycles. The van der Waals surface area contributed by atoms with Gasteiger partial charge < -0.3 is 8.85 Å². The first-order valence-electron chi connectivity index (χ1n) is 10.7. The quantitative estimate of drug-likeness (QED) is 0.610. The molecule has 24 heavy (non-hydrogen) atoms. The van der Waals surface area contributed by atoms with Gasteiger partial charge in [0.05, 0.1) is 0 Å². The highest BCUT2D eigenvalue weighted by Gasteiger charge is 2.59. The maximum Gasteiger partial charge on any atom is 0.431 e. The van der Waals surface area contributed by atoms with Gasteiger partial charge in [-0.3, -0.25) is 4.57 Å². The van der Waals surface area contributed by atoms with Gasteiger partial charge in [0.25, 0.3) is 0 Å². The summed E-state index contributed by atoms with van der Waals surface area (Å²) in [6, 6.07) is 1.24. The molecule has 1 saturated heterocycles. The third-order valence-electron chi connectivity index (χ3n) is 7.06. The largest absolute Gasteiger partial charge is 0.431 e. The highest BCUT2D eigenvalue weighted by Crippen LogP contribution is 2.53. The van der Waals surface area contributed by atoms with Crippen LogP contribution in [0.5, 0.6) is 0 Å². The molecule has 3 rings (SSSR count). The summed E-state index contributed by atoms with van der Waals surface area (Å²) in [6.45, 7) is 10.8. The van der Waals surface area contributed by atoms with Crippen LogP contribution in [0.25, 0.3) is 0 Å². The molecule has 2 aliphatic carbocycles. The maximum absolute atomic E-state index is 6.73. The Labute approximate surface area is 150 Å². The number of nitrogens with zero attached hydrogens (tertiary/aromatic N) is 1. The second-order valence-electron chi connectivity index (χ2n) is 8.43. The lowest BCUT2D eigenvalue weighted by atomic mass is 9.70. The van der Waals surface area contributed by atoms with Crippen molar-refractivity contribution in [1.29, 1.82) is 0 Å². The fourth-order valence-corrected chi connectivity index (χ4v) is 11.3. The van der Waals surface area contributed by atoms with E-state index in [1.807, 2.05) is 0 Å². The van der Waals surface area contributed by atoms with Crippen LogP contribution in [0.1, 0.15) is 85.5 Å². The maximum atomic E-state index is 6.73. The zero-order valence-corrected chi connectivity index (χ0v) is 17.4. The van der Waals surface area contributed by atoms with E-state index in [2.05, 4.69) is 32.3 Å². The molecule has 3 aliphatic rings. The smallest absolute Gasteiger partial charge is 0.383 e. The standard InChI is InChI=1S/C20H39NO2Si/c1-5-22-24(23-6-2,21-16(3)14-15-17(21)4)20-13-9-11-18-10-7-8-12-19(18)20/h16-20H,5-15H2,1-4H3. The Bertz CT molecular complexity index is 387. The van der Waals surface area contributed by atoms with Crippen molar-refractivity contribution in [3.63, 3.8) is 0 Å². The van der Waals surface area contributed by atoms with Crippen molar-refractivity contribution in [3.05, 3.63) is 0 Å². The number of hydrogen-bond acceptors (Lipinski definition) is 3. The molecule has 0 aromatic carbocycles. The average Bonchev–Trinajstić information content (AvgIpc) is 2.93. The zero-order chi connectivity index (χ0) is 17.2. The molecule has 3 nitrogen and oxygen atoms in total. The molecule has 0 aromatic rings. The van der Waals surface area contributed by atoms with Gasteiger partial charge in [-0.25, -0.2) is 0 Å². The van der Waals surface area contributed by atoms with Crippen LogP contribution in [0.4, 0.5) is 0 Å². The van der Waals surface area contributed by atoms with Crippen LogP contribution in [0, 0.1) is 11.8 Å². The van der Waals surface area contributed by atoms with Gasteiger partial charge in [-0.05, 0) is 65.2 Å². The molecule has 0 radical (unpaired) electrons. The van der Waals surface area contributed by atoms with Gasteiger partial charge in [0.15, 0.2) is 0 Å². The highest BCUT2D eigenvalue weighted by molar-refractivity contribution is 6.66. The molecule has 0 aromatic heterocycles. The molecule has 0 spiro atoms. The van der Waals surface area contributed by atoms with E-state index in [1.54, 1.807) is 0 Å². The van der Waals surface area contributed by atoms with E-state index in [-0.39, 0.29) is 0 Å². The van der Waals surface area contributed by atoms with Crippen LogP contribution in [-0.4, -0.2) is 38.6 Å². The van der Waals surface area contributed by atoms with Crippen LogP contribution >= 0.6 is 0 Å². The first-order valence-corrected chi connectivity index (χ1v) is 12.5. The summed E-state index contributed by atoms with van der Waals surface area (Å²) < 4.78 is 16.2. The van der Waals surface area contributed by atoms with Crippen LogP contribution in [0.2, 0.25) is 5.54 Å². The summed E-state index contributed by atoms with van der Waals surface area (Å²) in [5.41, 5.74) is 0.680. The van der Waals surface area contributed by atoms with Gasteiger partial charge in [0.1, 0.15) is 0 Å². The zero-order valence-electron chi connectivity index (χ0n) is 16.4. The van der Waals surface area contributed by atoms with Crippen molar-refractivity contribution in [2.45, 2.75) is 103 Å². The van der Waals surface area contributed by atoms with E-state index in [0.717, 1.165) is 25.0 Å². The van der Waals surface area contributed by atoms with Crippen molar-refractivity contribution >= 4 is 8.72 Å². The molecule has 140 valence electrons. The van der Waals surface area contributed by atoms with E-state index in [4.69, 9.17) is 8.85 Å². The molecule has 1 aliphatic heterocycles. The summed E-state index contributed by atoms with van der Waals surface area (Å²) in [5.74, 6) is 1.80. The number of fused-ring (bicyclic) bond motifs is 1. The molecule has 2 saturated carbocycles. The molecule has 4 heteroatoms. The van der Waals surface area contributed by atoms with E-state index in [0.29, 0.717) is 17.6 Å². The van der Waals surface area contributed by atoms with Crippen molar-refractivity contribution in [2.75, 3.05) is 13.2 Å². The van der Waals surface area contributed by atoms with E-state index in [1.165, 1.54) is 57.8 Å². The predicted octanol–water partition coefficient (Wildman–Crippen LogP) is 5.23. The molecule has 0 bridgehead atoms. The Balaban J connectivity index is 1.95. The normalized spacial score (nSPS) is 38.2. The lowest BCUT2D eigenvalue weighted by Gasteiger charge is -2.52. The van der Waals surface area contributed by atoms with Crippen LogP contribution in [-0.2, 0) is 8.85 Å². The van der Waals surface area contributed by atoms with Crippen molar-refractivity contribution < 1.29 is 8.85 Å². The van der Waals surface area contributed by atoms with Crippen LogP contribution < -0.4 is 0 Å². The summed E-state index contributed by atoms with van der Waals surface area (Å²) in [7, 11) is -2.36. The molecule has 0 amide bonds. The van der Waals surface area contributed by atoms with E-state index < -0.39 is 8.72 Å². The van der Waals surface area contributed by atoms with E-state index in [9.17, 15) is 0 Å². The monoisotopic (exact) mass is 353 g/mol. The Morgan fingerprint density at radius 1 is 0.792 bits per heavy atom. The molecular weight excluding hydrogens is 314 g/mol. The van der Waals surface area contributed by atoms with Crippen LogP contribution in [0.15, 0.2) is 0 Å². The molecule has 5 atom stereocenters. The minimum atomic E-state index is -2.36. The van der Waals surface area contributed by atoms with Gasteiger partial charge in [0.2, 0.25) is 0 Å². The minimum absolute atomic E-state index is 0.619. The first-order chi connectivity index (χ1) is 11.6. The van der Waals surface area contributed by atoms with Gasteiger partial charge in [-0.1, -0.05) is 32.1 Å². The van der Waals surface area contributed by atoms with Gasteiger partial charge in [0, 0.05) is 30.8 Å². The Morgan fingerprint density at radius 3 is 2.00 bits per heavy atom. The molecule has 0 N–H and O–H groups in total. The molecule has 3 fully saturated rings. The Morgan fingerprint density at radius 2 is 1.38 bits per heavy atom. The first kappa shape index (κ1) is 18.9. The van der Waals surface area contributed by atoms with Crippen molar-refractivity contribution in [3.8, 4) is 0 Å². The van der Waals surface area contributed by atoms with Gasteiger partial charge >= 0.3 is 8.72 Å². The lowest BCUT2D eigenvalue weighted by molar-refractivity contribution is 0.0587. The predicted molar refractivity (Wildman–Crippen MR) is 102 cm³/mol. The van der Waals surface area contributed by atoms with E-state index >= 15 is 0 Å². The topological polar surface area (TPSA) is 21.7 Å². The minimum Gasteiger partial charge on any atom is -0.383 e. The second kappa shape index (κ2) is 8.19. The SMILES string of the molecule is CCO[Si](OCC)(C1CCCC2CCCCC21)N1C(C)CCC1C. The summed E-state index contributed by atoms with van der Waals surface area (Å²) in [6.07, 6.45) is 12.5. The van der Waals surface area contributed by atoms with Gasteiger partial charge in [-0.15, -0.1) is 0 Å². The fourth-order valence-electron chi connectivity index (χ4n) is 6.21. The number of rotatable bonds is 6. The Hall–Kier alpha value is 0.0969. The lowest BCUT2D eigenvalue weighted by Crippen LogP contribution is -2.66. The van der Waals surface area contributed by atoms with Crippen molar-refractivity contribution in [1.82, 2.24) is 4.57 Å². The summed E-state index contributed by atoms with van der Waals surface area (Å²) >= 11 is 0. The summed E-state index contributed by atoms with van der Waals surface area (Å²) in [5, 5.41) is 0. The highest BCUT2D eigenvalue weighted by atomic mass is 28.4. The van der Waals surface area contributed by atoms with Gasteiger partial charge in [-0.2, -0.15) is 0 Å². The Kier molecular flexibility index (Phi) is 6.44. The molecule has 5 unspecified atom stereocenters. The third-order valence-corrected chi connectivity index (χ3v) is 11.7. The fraction of sp³-hybridized carbons (Fsp3) is 1.00. The number of hydrogen-bond donors (Lipinski definition) is 0. The molecular formula is C20H39NO2Si. The average molecular weight is 354 g/mol. The third kappa shape index (κ3) is 3.36.